The van der Waals surface area contributed by atoms with Crippen molar-refractivity contribution in [1.82, 2.24) is 9.71 Å². The summed E-state index contributed by atoms with van der Waals surface area (Å²) < 4.78 is 14.4. The standard InChI is InChI=1S/C15H16BFN2O2/c16-18-7-3-4-10(8-18)13(17)9-19-14(20)11-5-1-2-6-12(11)15(19)21/h1-2,5-6H,3-4,7-9,16H2/b13-10-. The Labute approximate surface area is 123 Å². The SMILES string of the molecule is BN1CCC/C(=C(/F)CN2C(=O)c3ccccc3C2=O)C1. The van der Waals surface area contributed by atoms with E-state index in [1.54, 1.807) is 24.3 Å². The highest BCUT2D eigenvalue weighted by Gasteiger charge is 2.36. The molecular weight excluding hydrogens is 270 g/mol. The van der Waals surface area contributed by atoms with Crippen LogP contribution in [-0.2, 0) is 0 Å². The normalized spacial score (nSPS) is 21.7. The number of rotatable bonds is 2. The molecule has 3 rings (SSSR count). The Morgan fingerprint density at radius 1 is 1.19 bits per heavy atom. The van der Waals surface area contributed by atoms with Crippen LogP contribution in [0.1, 0.15) is 33.6 Å². The third-order valence-corrected chi connectivity index (χ3v) is 4.04. The lowest BCUT2D eigenvalue weighted by atomic mass is 10.0. The van der Waals surface area contributed by atoms with E-state index in [9.17, 15) is 14.0 Å². The fraction of sp³-hybridized carbons (Fsp3) is 0.333. The second-order valence-electron chi connectivity index (χ2n) is 5.59. The van der Waals surface area contributed by atoms with Gasteiger partial charge in [0.25, 0.3) is 11.8 Å². The van der Waals surface area contributed by atoms with Crippen LogP contribution < -0.4 is 0 Å². The average molecular weight is 286 g/mol. The lowest BCUT2D eigenvalue weighted by Crippen LogP contribution is -2.33. The zero-order valence-corrected chi connectivity index (χ0v) is 11.9. The van der Waals surface area contributed by atoms with Crippen molar-refractivity contribution in [2.24, 2.45) is 0 Å². The number of hydrogen-bond donors (Lipinski definition) is 0. The summed E-state index contributed by atoms with van der Waals surface area (Å²) in [6, 6.07) is 6.63. The third-order valence-electron chi connectivity index (χ3n) is 4.04. The molecule has 2 aliphatic rings. The first-order chi connectivity index (χ1) is 10.1. The lowest BCUT2D eigenvalue weighted by Gasteiger charge is -2.26. The minimum Gasteiger partial charge on any atom is -0.345 e. The topological polar surface area (TPSA) is 40.6 Å². The Bertz CT molecular complexity index is 609. The number of amides is 2. The molecule has 0 bridgehead atoms. The van der Waals surface area contributed by atoms with Gasteiger partial charge in [0.15, 0.2) is 7.98 Å². The van der Waals surface area contributed by atoms with E-state index in [4.69, 9.17) is 0 Å². The van der Waals surface area contributed by atoms with Crippen LogP contribution in [0, 0.1) is 0 Å². The summed E-state index contributed by atoms with van der Waals surface area (Å²) >= 11 is 0. The molecule has 6 heteroatoms. The van der Waals surface area contributed by atoms with Gasteiger partial charge in [-0.2, -0.15) is 0 Å². The van der Waals surface area contributed by atoms with E-state index in [1.165, 1.54) is 0 Å². The fourth-order valence-electron chi connectivity index (χ4n) is 2.90. The van der Waals surface area contributed by atoms with E-state index in [2.05, 4.69) is 0 Å². The first kappa shape index (κ1) is 14.0. The molecule has 0 saturated carbocycles. The van der Waals surface area contributed by atoms with Gasteiger partial charge in [-0.05, 0) is 37.1 Å². The zero-order chi connectivity index (χ0) is 15.0. The number of hydrogen-bond acceptors (Lipinski definition) is 3. The van der Waals surface area contributed by atoms with E-state index in [-0.39, 0.29) is 12.4 Å². The van der Waals surface area contributed by atoms with E-state index < -0.39 is 11.8 Å². The molecule has 1 aromatic carbocycles. The highest BCUT2D eigenvalue weighted by atomic mass is 19.1. The molecule has 2 heterocycles. The molecule has 1 aromatic rings. The molecule has 0 radical (unpaired) electrons. The first-order valence-electron chi connectivity index (χ1n) is 7.08. The Kier molecular flexibility index (Phi) is 3.63. The monoisotopic (exact) mass is 286 g/mol. The van der Waals surface area contributed by atoms with Crippen LogP contribution in [0.5, 0.6) is 0 Å². The van der Waals surface area contributed by atoms with Gasteiger partial charge >= 0.3 is 0 Å². The molecule has 0 atom stereocenters. The molecule has 0 aliphatic carbocycles. The van der Waals surface area contributed by atoms with E-state index >= 15 is 0 Å². The van der Waals surface area contributed by atoms with Crippen LogP contribution in [0.2, 0.25) is 0 Å². The Balaban J connectivity index is 1.82. The quantitative estimate of drug-likeness (QED) is 0.605. The average Bonchev–Trinajstić information content (AvgIpc) is 2.73. The highest BCUT2D eigenvalue weighted by Crippen LogP contribution is 2.25. The lowest BCUT2D eigenvalue weighted by molar-refractivity contribution is 0.0659. The number of nitrogens with zero attached hydrogens (tertiary/aromatic N) is 2. The number of fused-ring (bicyclic) bond motifs is 1. The Hall–Kier alpha value is -1.95. The molecule has 21 heavy (non-hydrogen) atoms. The number of carbonyl (C=O) groups excluding carboxylic acids is 2. The van der Waals surface area contributed by atoms with Gasteiger partial charge in [-0.25, -0.2) is 4.39 Å². The smallest absolute Gasteiger partial charge is 0.261 e. The maximum atomic E-state index is 14.4. The van der Waals surface area contributed by atoms with Gasteiger partial charge in [-0.1, -0.05) is 12.1 Å². The molecule has 108 valence electrons. The number of carbonyl (C=O) groups is 2. The van der Waals surface area contributed by atoms with Crippen LogP contribution in [0.25, 0.3) is 0 Å². The summed E-state index contributed by atoms with van der Waals surface area (Å²) in [7, 11) is 1.94. The van der Waals surface area contributed by atoms with Crippen molar-refractivity contribution in [2.45, 2.75) is 12.8 Å². The second kappa shape index (κ2) is 5.45. The van der Waals surface area contributed by atoms with Crippen molar-refractivity contribution in [1.29, 1.82) is 0 Å². The number of imide groups is 1. The van der Waals surface area contributed by atoms with Gasteiger partial charge in [0.05, 0.1) is 17.7 Å². The molecule has 0 N–H and O–H groups in total. The molecule has 0 spiro atoms. The number of piperidine rings is 1. The van der Waals surface area contributed by atoms with Crippen LogP contribution in [0.4, 0.5) is 4.39 Å². The number of benzene rings is 1. The van der Waals surface area contributed by atoms with Crippen LogP contribution in [0.15, 0.2) is 35.7 Å². The summed E-state index contributed by atoms with van der Waals surface area (Å²) in [4.78, 5) is 27.4. The minimum atomic E-state index is -0.407. The van der Waals surface area contributed by atoms with E-state index in [1.807, 2.05) is 12.8 Å². The third kappa shape index (κ3) is 2.51. The fourth-order valence-corrected chi connectivity index (χ4v) is 2.90. The van der Waals surface area contributed by atoms with E-state index in [0.29, 0.717) is 29.7 Å². The highest BCUT2D eigenvalue weighted by molar-refractivity contribution is 6.21. The second-order valence-corrected chi connectivity index (χ2v) is 5.59. The molecule has 2 amide bonds. The van der Waals surface area contributed by atoms with Crippen molar-refractivity contribution in [3.8, 4) is 0 Å². The van der Waals surface area contributed by atoms with Crippen molar-refractivity contribution < 1.29 is 14.0 Å². The summed E-state index contributed by atoms with van der Waals surface area (Å²) in [5, 5.41) is 0. The maximum absolute atomic E-state index is 14.4. The minimum absolute atomic E-state index is 0.254. The summed E-state index contributed by atoms with van der Waals surface area (Å²) in [5.41, 5.74) is 1.42. The summed E-state index contributed by atoms with van der Waals surface area (Å²) in [6.45, 7) is 1.26. The zero-order valence-electron chi connectivity index (χ0n) is 11.9. The van der Waals surface area contributed by atoms with Crippen LogP contribution >= 0.6 is 0 Å². The Morgan fingerprint density at radius 3 is 2.38 bits per heavy atom. The van der Waals surface area contributed by atoms with Crippen molar-refractivity contribution in [3.05, 3.63) is 46.8 Å². The maximum Gasteiger partial charge on any atom is 0.261 e. The molecule has 0 unspecified atom stereocenters. The van der Waals surface area contributed by atoms with Crippen molar-refractivity contribution >= 4 is 19.8 Å². The van der Waals surface area contributed by atoms with Crippen LogP contribution in [-0.4, -0.2) is 49.1 Å². The molecule has 0 aromatic heterocycles. The van der Waals surface area contributed by atoms with E-state index in [0.717, 1.165) is 17.9 Å². The van der Waals surface area contributed by atoms with Gasteiger partial charge in [0.1, 0.15) is 5.83 Å². The molecule has 2 aliphatic heterocycles. The van der Waals surface area contributed by atoms with Gasteiger partial charge in [-0.3, -0.25) is 14.5 Å². The largest absolute Gasteiger partial charge is 0.345 e. The molecular formula is C15H16BFN2O2. The van der Waals surface area contributed by atoms with Gasteiger partial charge < -0.3 is 4.81 Å². The first-order valence-corrected chi connectivity index (χ1v) is 7.08. The van der Waals surface area contributed by atoms with Gasteiger partial charge in [0.2, 0.25) is 0 Å². The number of halogens is 1. The van der Waals surface area contributed by atoms with Gasteiger partial charge in [0, 0.05) is 6.54 Å². The summed E-state index contributed by atoms with van der Waals surface area (Å²) in [6.07, 6.45) is 1.60. The molecule has 1 fully saturated rings. The molecule has 1 saturated heterocycles. The summed E-state index contributed by atoms with van der Waals surface area (Å²) in [5.74, 6) is -1.16. The van der Waals surface area contributed by atoms with Crippen molar-refractivity contribution in [2.75, 3.05) is 19.6 Å². The van der Waals surface area contributed by atoms with Crippen molar-refractivity contribution in [3.63, 3.8) is 0 Å². The predicted molar refractivity (Wildman–Crippen MR) is 79.3 cm³/mol. The molecule has 4 nitrogen and oxygen atoms in total. The van der Waals surface area contributed by atoms with Gasteiger partial charge in [-0.15, -0.1) is 0 Å². The van der Waals surface area contributed by atoms with Crippen LogP contribution in [0.3, 0.4) is 0 Å². The Morgan fingerprint density at radius 2 is 1.81 bits per heavy atom. The predicted octanol–water partition coefficient (Wildman–Crippen LogP) is 1.15.